The topological polar surface area (TPSA) is 71.5 Å². The number of carbonyl (C=O) groups is 1. The molecule has 0 aliphatic carbocycles. The number of nitrogens with one attached hydrogen (secondary N) is 1. The molecule has 1 aromatic carbocycles. The number of carboxylic acids is 1. The molecule has 0 spiro atoms. The van der Waals surface area contributed by atoms with Crippen molar-refractivity contribution in [2.24, 2.45) is 0 Å². The summed E-state index contributed by atoms with van der Waals surface area (Å²) in [7, 11) is 0. The van der Waals surface area contributed by atoms with E-state index in [1.165, 1.54) is 0 Å². The first-order valence-electron chi connectivity index (χ1n) is 6.79. The van der Waals surface area contributed by atoms with Crippen molar-refractivity contribution < 1.29 is 14.6 Å². The zero-order valence-electron chi connectivity index (χ0n) is 11.9. The van der Waals surface area contributed by atoms with Crippen LogP contribution in [-0.2, 0) is 17.8 Å². The van der Waals surface area contributed by atoms with Crippen LogP contribution < -0.4 is 10.1 Å². The summed E-state index contributed by atoms with van der Waals surface area (Å²) in [5.74, 6) is -0.206. The lowest BCUT2D eigenvalue weighted by molar-refractivity contribution is -0.136. The van der Waals surface area contributed by atoms with Gasteiger partial charge in [0.25, 0.3) is 0 Å². The Morgan fingerprint density at radius 3 is 2.48 bits per heavy atom. The number of carboxylic acid groups (broad SMARTS) is 1. The molecule has 0 bridgehead atoms. The van der Waals surface area contributed by atoms with Gasteiger partial charge in [-0.2, -0.15) is 0 Å². The van der Waals surface area contributed by atoms with Crippen LogP contribution in [0.5, 0.6) is 5.88 Å². The smallest absolute Gasteiger partial charge is 0.307 e. The Balaban J connectivity index is 1.88. The van der Waals surface area contributed by atoms with Crippen molar-refractivity contribution >= 4 is 11.7 Å². The predicted octanol–water partition coefficient (Wildman–Crippen LogP) is 2.72. The van der Waals surface area contributed by atoms with Crippen LogP contribution in [-0.4, -0.2) is 22.7 Å². The van der Waals surface area contributed by atoms with Crippen LogP contribution >= 0.6 is 0 Å². The number of rotatable bonds is 7. The van der Waals surface area contributed by atoms with E-state index < -0.39 is 5.97 Å². The number of nitrogens with zero attached hydrogens (tertiary/aromatic N) is 1. The molecule has 0 saturated carbocycles. The molecule has 5 heteroatoms. The number of aliphatic carboxylic acids is 1. The van der Waals surface area contributed by atoms with E-state index in [0.29, 0.717) is 19.0 Å². The highest BCUT2D eigenvalue weighted by molar-refractivity contribution is 5.70. The molecule has 2 aromatic rings. The van der Waals surface area contributed by atoms with Crippen molar-refractivity contribution in [1.82, 2.24) is 4.98 Å². The summed E-state index contributed by atoms with van der Waals surface area (Å²) in [6.07, 6.45) is 1.78. The molecule has 21 heavy (non-hydrogen) atoms. The van der Waals surface area contributed by atoms with E-state index in [4.69, 9.17) is 9.84 Å². The van der Waals surface area contributed by atoms with E-state index in [1.54, 1.807) is 6.20 Å². The minimum Gasteiger partial charge on any atom is -0.481 e. The molecule has 0 aliphatic heterocycles. The lowest BCUT2D eigenvalue weighted by Crippen LogP contribution is -2.02. The summed E-state index contributed by atoms with van der Waals surface area (Å²) in [5, 5.41) is 12.0. The maximum Gasteiger partial charge on any atom is 0.307 e. The maximum atomic E-state index is 10.6. The number of pyridine rings is 1. The lowest BCUT2D eigenvalue weighted by atomic mass is 10.1. The first kappa shape index (κ1) is 14.8. The van der Waals surface area contributed by atoms with Crippen molar-refractivity contribution in [1.29, 1.82) is 0 Å². The molecular formula is C16H18N2O3. The van der Waals surface area contributed by atoms with Gasteiger partial charge >= 0.3 is 5.97 Å². The number of aromatic nitrogens is 1. The molecule has 0 unspecified atom stereocenters. The van der Waals surface area contributed by atoms with Crippen LogP contribution in [0.1, 0.15) is 18.1 Å². The van der Waals surface area contributed by atoms with Gasteiger partial charge in [0.2, 0.25) is 5.88 Å². The van der Waals surface area contributed by atoms with Gasteiger partial charge in [-0.3, -0.25) is 4.79 Å². The second-order valence-electron chi connectivity index (χ2n) is 4.56. The molecule has 0 aliphatic rings. The zero-order valence-corrected chi connectivity index (χ0v) is 11.9. The zero-order chi connectivity index (χ0) is 15.1. The minimum absolute atomic E-state index is 0.0521. The quantitative estimate of drug-likeness (QED) is 0.819. The van der Waals surface area contributed by atoms with E-state index >= 15 is 0 Å². The molecule has 5 nitrogen and oxygen atoms in total. The van der Waals surface area contributed by atoms with Crippen LogP contribution in [0.15, 0.2) is 42.6 Å². The second kappa shape index (κ2) is 7.28. The van der Waals surface area contributed by atoms with Gasteiger partial charge in [-0.05, 0) is 24.1 Å². The highest BCUT2D eigenvalue weighted by Crippen LogP contribution is 2.13. The Morgan fingerprint density at radius 2 is 1.90 bits per heavy atom. The van der Waals surface area contributed by atoms with Gasteiger partial charge in [-0.1, -0.05) is 24.3 Å². The van der Waals surface area contributed by atoms with Crippen LogP contribution in [0, 0.1) is 0 Å². The fraction of sp³-hybridized carbons (Fsp3) is 0.250. The summed E-state index contributed by atoms with van der Waals surface area (Å²) in [5.41, 5.74) is 2.79. The third kappa shape index (κ3) is 4.80. The Labute approximate surface area is 123 Å². The fourth-order valence-corrected chi connectivity index (χ4v) is 1.87. The maximum absolute atomic E-state index is 10.6. The number of ether oxygens (including phenoxy) is 1. The number of benzene rings is 1. The van der Waals surface area contributed by atoms with E-state index in [2.05, 4.69) is 10.3 Å². The Kier molecular flexibility index (Phi) is 5.15. The van der Waals surface area contributed by atoms with Crippen molar-refractivity contribution in [2.75, 3.05) is 11.9 Å². The Hall–Kier alpha value is -2.56. The molecule has 0 atom stereocenters. The predicted molar refractivity (Wildman–Crippen MR) is 80.5 cm³/mol. The van der Waals surface area contributed by atoms with Crippen LogP contribution in [0.25, 0.3) is 0 Å². The first-order chi connectivity index (χ1) is 10.2. The summed E-state index contributed by atoms with van der Waals surface area (Å²) < 4.78 is 5.28. The number of hydrogen-bond acceptors (Lipinski definition) is 4. The SMILES string of the molecule is CCOc1ccc(NCc2ccc(CC(=O)O)cc2)cn1. The Morgan fingerprint density at radius 1 is 1.19 bits per heavy atom. The van der Waals surface area contributed by atoms with Gasteiger partial charge < -0.3 is 15.2 Å². The molecule has 1 heterocycles. The molecule has 110 valence electrons. The van der Waals surface area contributed by atoms with E-state index in [0.717, 1.165) is 16.8 Å². The Bertz CT molecular complexity index is 579. The molecule has 1 aromatic heterocycles. The average molecular weight is 286 g/mol. The highest BCUT2D eigenvalue weighted by Gasteiger charge is 2.01. The van der Waals surface area contributed by atoms with Gasteiger partial charge in [0.1, 0.15) is 0 Å². The van der Waals surface area contributed by atoms with Crippen molar-refractivity contribution in [3.05, 3.63) is 53.7 Å². The third-order valence-electron chi connectivity index (χ3n) is 2.90. The largest absolute Gasteiger partial charge is 0.481 e. The molecule has 0 amide bonds. The molecule has 2 N–H and O–H groups in total. The standard InChI is InChI=1S/C16H18N2O3/c1-2-21-15-8-7-14(11-18-15)17-10-13-5-3-12(4-6-13)9-16(19)20/h3-8,11,17H,2,9-10H2,1H3,(H,19,20). The fourth-order valence-electron chi connectivity index (χ4n) is 1.87. The molecule has 0 saturated heterocycles. The van der Waals surface area contributed by atoms with Crippen LogP contribution in [0.2, 0.25) is 0 Å². The van der Waals surface area contributed by atoms with Gasteiger partial charge in [0.15, 0.2) is 0 Å². The second-order valence-corrected chi connectivity index (χ2v) is 4.56. The molecule has 2 rings (SSSR count). The summed E-state index contributed by atoms with van der Waals surface area (Å²) in [6, 6.07) is 11.3. The average Bonchev–Trinajstić information content (AvgIpc) is 2.48. The third-order valence-corrected chi connectivity index (χ3v) is 2.90. The van der Waals surface area contributed by atoms with E-state index in [-0.39, 0.29) is 6.42 Å². The number of hydrogen-bond donors (Lipinski definition) is 2. The normalized spacial score (nSPS) is 10.1. The van der Waals surface area contributed by atoms with Crippen LogP contribution in [0.3, 0.4) is 0 Å². The summed E-state index contributed by atoms with van der Waals surface area (Å²) in [4.78, 5) is 14.8. The molecule has 0 fully saturated rings. The lowest BCUT2D eigenvalue weighted by Gasteiger charge is -2.08. The monoisotopic (exact) mass is 286 g/mol. The summed E-state index contributed by atoms with van der Waals surface area (Å²) in [6.45, 7) is 3.17. The summed E-state index contributed by atoms with van der Waals surface area (Å²) >= 11 is 0. The molecule has 0 radical (unpaired) electrons. The molecular weight excluding hydrogens is 268 g/mol. The number of anilines is 1. The van der Waals surface area contributed by atoms with Gasteiger partial charge in [0.05, 0.1) is 24.9 Å². The minimum atomic E-state index is -0.818. The van der Waals surface area contributed by atoms with Gasteiger partial charge in [-0.25, -0.2) is 4.98 Å². The van der Waals surface area contributed by atoms with Crippen LogP contribution in [0.4, 0.5) is 5.69 Å². The van der Waals surface area contributed by atoms with E-state index in [1.807, 2.05) is 43.3 Å². The van der Waals surface area contributed by atoms with Crippen molar-refractivity contribution in [2.45, 2.75) is 19.9 Å². The highest BCUT2D eigenvalue weighted by atomic mass is 16.5. The van der Waals surface area contributed by atoms with Crippen molar-refractivity contribution in [3.8, 4) is 5.88 Å². The first-order valence-corrected chi connectivity index (χ1v) is 6.79. The van der Waals surface area contributed by atoms with Gasteiger partial charge in [-0.15, -0.1) is 0 Å². The van der Waals surface area contributed by atoms with Crippen molar-refractivity contribution in [3.63, 3.8) is 0 Å². The van der Waals surface area contributed by atoms with Gasteiger partial charge in [0, 0.05) is 12.6 Å². The van der Waals surface area contributed by atoms with E-state index in [9.17, 15) is 4.79 Å².